The zero-order valence-electron chi connectivity index (χ0n) is 16.3. The first-order valence-electron chi connectivity index (χ1n) is 10.3. The Bertz CT molecular complexity index is 577. The van der Waals surface area contributed by atoms with Crippen molar-refractivity contribution in [2.24, 2.45) is 4.99 Å². The van der Waals surface area contributed by atoms with Gasteiger partial charge < -0.3 is 15.4 Å². The van der Waals surface area contributed by atoms with Crippen LogP contribution in [0.2, 0.25) is 0 Å². The van der Waals surface area contributed by atoms with E-state index in [0.29, 0.717) is 12.1 Å². The number of hydrogen-bond donors (Lipinski definition) is 2. The van der Waals surface area contributed by atoms with Crippen LogP contribution in [-0.2, 0) is 24.1 Å². The first kappa shape index (κ1) is 19.1. The van der Waals surface area contributed by atoms with E-state index >= 15 is 0 Å². The second kappa shape index (κ2) is 9.90. The Kier molecular flexibility index (Phi) is 7.29. The Hall–Kier alpha value is -1.63. The number of ether oxygens (including phenoxy) is 1. The molecule has 0 saturated heterocycles. The quantitative estimate of drug-likeness (QED) is 0.351. The standard InChI is InChI=1S/C19H34N6O/c1-3-17-23-18-11-10-15(14-25(18)24-17)22-19(20-2)21-12-13-26-16-8-6-4-5-7-9-16/h15-16H,3-14H2,1-2H3,(H2,20,21,22). The minimum absolute atomic E-state index is 0.336. The first-order valence-corrected chi connectivity index (χ1v) is 10.3. The normalized spacial score (nSPS) is 21.9. The number of fused-ring (bicyclic) bond motifs is 1. The highest BCUT2D eigenvalue weighted by molar-refractivity contribution is 5.79. The molecule has 2 heterocycles. The Balaban J connectivity index is 1.38. The van der Waals surface area contributed by atoms with E-state index in [0.717, 1.165) is 56.6 Å². The van der Waals surface area contributed by atoms with E-state index in [4.69, 9.17) is 4.74 Å². The Morgan fingerprint density at radius 2 is 2.04 bits per heavy atom. The van der Waals surface area contributed by atoms with Crippen LogP contribution in [0.5, 0.6) is 0 Å². The highest BCUT2D eigenvalue weighted by Gasteiger charge is 2.22. The van der Waals surface area contributed by atoms with Crippen molar-refractivity contribution in [3.63, 3.8) is 0 Å². The SMILES string of the molecule is CCc1nc2n(n1)CC(NC(=NC)NCCOC1CCCCCC1)CC2. The highest BCUT2D eigenvalue weighted by atomic mass is 16.5. The molecule has 0 spiro atoms. The van der Waals surface area contributed by atoms with Crippen LogP contribution in [0, 0.1) is 0 Å². The van der Waals surface area contributed by atoms with Crippen molar-refractivity contribution in [3.8, 4) is 0 Å². The van der Waals surface area contributed by atoms with Crippen LogP contribution >= 0.6 is 0 Å². The van der Waals surface area contributed by atoms with Crippen LogP contribution in [0.3, 0.4) is 0 Å². The van der Waals surface area contributed by atoms with Crippen LogP contribution < -0.4 is 10.6 Å². The largest absolute Gasteiger partial charge is 0.376 e. The molecule has 1 aliphatic heterocycles. The molecule has 0 amide bonds. The third kappa shape index (κ3) is 5.43. The lowest BCUT2D eigenvalue weighted by molar-refractivity contribution is 0.0467. The van der Waals surface area contributed by atoms with Gasteiger partial charge in [-0.2, -0.15) is 5.10 Å². The van der Waals surface area contributed by atoms with Gasteiger partial charge in [0.15, 0.2) is 11.8 Å². The van der Waals surface area contributed by atoms with Gasteiger partial charge in [0.2, 0.25) is 0 Å². The van der Waals surface area contributed by atoms with E-state index in [1.165, 1.54) is 38.5 Å². The Morgan fingerprint density at radius 1 is 1.23 bits per heavy atom. The second-order valence-corrected chi connectivity index (χ2v) is 7.34. The van der Waals surface area contributed by atoms with Crippen LogP contribution in [0.4, 0.5) is 0 Å². The molecule has 0 radical (unpaired) electrons. The fourth-order valence-corrected chi connectivity index (χ4v) is 3.82. The summed E-state index contributed by atoms with van der Waals surface area (Å²) in [6.45, 7) is 4.47. The minimum atomic E-state index is 0.336. The molecule has 1 aliphatic carbocycles. The number of guanidine groups is 1. The summed E-state index contributed by atoms with van der Waals surface area (Å²) >= 11 is 0. The van der Waals surface area contributed by atoms with E-state index in [-0.39, 0.29) is 0 Å². The van der Waals surface area contributed by atoms with E-state index in [9.17, 15) is 0 Å². The molecular weight excluding hydrogens is 328 g/mol. The van der Waals surface area contributed by atoms with Crippen molar-refractivity contribution in [2.75, 3.05) is 20.2 Å². The summed E-state index contributed by atoms with van der Waals surface area (Å²) in [6.07, 6.45) is 11.2. The third-order valence-electron chi connectivity index (χ3n) is 5.33. The number of hydrogen-bond acceptors (Lipinski definition) is 4. The maximum atomic E-state index is 6.04. The van der Waals surface area contributed by atoms with Gasteiger partial charge in [0.25, 0.3) is 0 Å². The second-order valence-electron chi connectivity index (χ2n) is 7.34. The number of nitrogens with one attached hydrogen (secondary N) is 2. The van der Waals surface area contributed by atoms with Crippen LogP contribution in [0.1, 0.15) is 63.5 Å². The summed E-state index contributed by atoms with van der Waals surface area (Å²) in [6, 6.07) is 0.336. The fourth-order valence-electron chi connectivity index (χ4n) is 3.82. The van der Waals surface area contributed by atoms with Crippen LogP contribution in [-0.4, -0.2) is 53.1 Å². The zero-order chi connectivity index (χ0) is 18.2. The molecule has 1 aromatic rings. The van der Waals surface area contributed by atoms with Crippen LogP contribution in [0.25, 0.3) is 0 Å². The molecule has 1 atom stereocenters. The molecule has 7 nitrogen and oxygen atoms in total. The Labute approximate surface area is 157 Å². The number of aliphatic imine (C=N–C) groups is 1. The molecule has 1 fully saturated rings. The summed E-state index contributed by atoms with van der Waals surface area (Å²) in [5, 5.41) is 11.5. The van der Waals surface area contributed by atoms with Gasteiger partial charge in [-0.15, -0.1) is 0 Å². The summed E-state index contributed by atoms with van der Waals surface area (Å²) in [4.78, 5) is 8.93. The molecule has 146 valence electrons. The number of nitrogens with zero attached hydrogens (tertiary/aromatic N) is 4. The molecule has 7 heteroatoms. The van der Waals surface area contributed by atoms with Crippen molar-refractivity contribution >= 4 is 5.96 Å². The van der Waals surface area contributed by atoms with Gasteiger partial charge in [0.05, 0.1) is 19.3 Å². The van der Waals surface area contributed by atoms with Gasteiger partial charge in [-0.25, -0.2) is 9.67 Å². The van der Waals surface area contributed by atoms with Gasteiger partial charge in [-0.05, 0) is 19.3 Å². The number of aromatic nitrogens is 3. The molecule has 0 bridgehead atoms. The predicted molar refractivity (Wildman–Crippen MR) is 103 cm³/mol. The maximum absolute atomic E-state index is 6.04. The molecule has 3 rings (SSSR count). The van der Waals surface area contributed by atoms with Gasteiger partial charge in [0.1, 0.15) is 5.82 Å². The monoisotopic (exact) mass is 362 g/mol. The van der Waals surface area contributed by atoms with Gasteiger partial charge in [0, 0.05) is 32.5 Å². The van der Waals surface area contributed by atoms with Crippen LogP contribution in [0.15, 0.2) is 4.99 Å². The van der Waals surface area contributed by atoms with E-state index in [1.54, 1.807) is 0 Å². The van der Waals surface area contributed by atoms with Crippen molar-refractivity contribution in [2.45, 2.75) is 83.4 Å². The van der Waals surface area contributed by atoms with Gasteiger partial charge in [-0.1, -0.05) is 32.6 Å². The third-order valence-corrected chi connectivity index (χ3v) is 5.33. The fraction of sp³-hybridized carbons (Fsp3) is 0.842. The summed E-state index contributed by atoms with van der Waals surface area (Å²) in [7, 11) is 1.82. The molecule has 26 heavy (non-hydrogen) atoms. The average Bonchev–Trinajstić information content (AvgIpc) is 2.90. The van der Waals surface area contributed by atoms with E-state index < -0.39 is 0 Å². The summed E-state index contributed by atoms with van der Waals surface area (Å²) in [5.74, 6) is 2.90. The minimum Gasteiger partial charge on any atom is -0.376 e. The van der Waals surface area contributed by atoms with Gasteiger partial charge in [-0.3, -0.25) is 4.99 Å². The molecule has 0 aromatic carbocycles. The van der Waals surface area contributed by atoms with E-state index in [2.05, 4.69) is 32.6 Å². The average molecular weight is 363 g/mol. The molecule has 2 N–H and O–H groups in total. The smallest absolute Gasteiger partial charge is 0.191 e. The topological polar surface area (TPSA) is 76.4 Å². The van der Waals surface area contributed by atoms with Crippen molar-refractivity contribution < 1.29 is 4.74 Å². The van der Waals surface area contributed by atoms with Gasteiger partial charge >= 0.3 is 0 Å². The zero-order valence-corrected chi connectivity index (χ0v) is 16.3. The summed E-state index contributed by atoms with van der Waals surface area (Å²) in [5.41, 5.74) is 0. The molecule has 1 unspecified atom stereocenters. The number of rotatable bonds is 6. The highest BCUT2D eigenvalue weighted by Crippen LogP contribution is 2.19. The lowest BCUT2D eigenvalue weighted by atomic mass is 10.1. The first-order chi connectivity index (χ1) is 12.8. The van der Waals surface area contributed by atoms with Crippen molar-refractivity contribution in [1.29, 1.82) is 0 Å². The predicted octanol–water partition coefficient (Wildman–Crippen LogP) is 2.06. The Morgan fingerprint density at radius 3 is 2.77 bits per heavy atom. The summed E-state index contributed by atoms with van der Waals surface area (Å²) < 4.78 is 8.09. The van der Waals surface area contributed by atoms with Crippen molar-refractivity contribution in [1.82, 2.24) is 25.4 Å². The molecule has 1 saturated carbocycles. The molecule has 1 aromatic heterocycles. The van der Waals surface area contributed by atoms with Crippen molar-refractivity contribution in [3.05, 3.63) is 11.6 Å². The maximum Gasteiger partial charge on any atom is 0.191 e. The number of aryl methyl sites for hydroxylation is 2. The molecular formula is C19H34N6O. The molecule has 2 aliphatic rings. The van der Waals surface area contributed by atoms with E-state index in [1.807, 2.05) is 11.7 Å². The lowest BCUT2D eigenvalue weighted by Crippen LogP contribution is -2.47. The lowest BCUT2D eigenvalue weighted by Gasteiger charge is -2.25.